The van der Waals surface area contributed by atoms with Gasteiger partial charge in [-0.25, -0.2) is 0 Å². The maximum absolute atomic E-state index is 12.2. The van der Waals surface area contributed by atoms with E-state index in [4.69, 9.17) is 0 Å². The van der Waals surface area contributed by atoms with E-state index >= 15 is 0 Å². The van der Waals surface area contributed by atoms with Gasteiger partial charge in [0.15, 0.2) is 0 Å². The van der Waals surface area contributed by atoms with Gasteiger partial charge in [0.05, 0.1) is 11.3 Å². The Labute approximate surface area is 120 Å². The summed E-state index contributed by atoms with van der Waals surface area (Å²) in [4.78, 5) is 12.2. The van der Waals surface area contributed by atoms with Crippen molar-refractivity contribution < 1.29 is 4.79 Å². The average Bonchev–Trinajstić information content (AvgIpc) is 2.56. The zero-order chi connectivity index (χ0) is 13.3. The molecule has 0 aliphatic rings. The number of halogens is 1. The predicted molar refractivity (Wildman–Crippen MR) is 79.8 cm³/mol. The number of aromatic nitrogens is 2. The number of nitrogens with one attached hydrogen (secondary N) is 1. The monoisotopic (exact) mass is 355 g/mol. The summed E-state index contributed by atoms with van der Waals surface area (Å²) in [5.74, 6) is -0.112. The summed E-state index contributed by atoms with van der Waals surface area (Å²) >= 11 is 2.23. The Morgan fingerprint density at radius 1 is 1.28 bits per heavy atom. The smallest absolute Gasteiger partial charge is 0.259 e. The van der Waals surface area contributed by atoms with Crippen molar-refractivity contribution in [3.8, 4) is 0 Å². The number of aryl methyl sites for hydroxylation is 2. The number of rotatable bonds is 2. The first-order valence-electron chi connectivity index (χ1n) is 5.56. The minimum atomic E-state index is -0.112. The number of hydrogen-bond acceptors (Lipinski definition) is 2. The van der Waals surface area contributed by atoms with Crippen molar-refractivity contribution in [3.63, 3.8) is 0 Å². The molecule has 0 unspecified atom stereocenters. The Hall–Kier alpha value is -1.37. The lowest BCUT2D eigenvalue weighted by atomic mass is 10.2. The first-order chi connectivity index (χ1) is 8.49. The van der Waals surface area contributed by atoms with Crippen LogP contribution in [0.15, 0.2) is 24.3 Å². The van der Waals surface area contributed by atoms with Gasteiger partial charge in [-0.05, 0) is 60.7 Å². The lowest BCUT2D eigenvalue weighted by Gasteiger charge is -2.05. The quantitative estimate of drug-likeness (QED) is 0.843. The number of benzene rings is 1. The molecule has 2 rings (SSSR count). The lowest BCUT2D eigenvalue weighted by Crippen LogP contribution is -2.14. The van der Waals surface area contributed by atoms with E-state index in [0.29, 0.717) is 5.56 Å². The zero-order valence-electron chi connectivity index (χ0n) is 10.5. The molecular weight excluding hydrogens is 341 g/mol. The molecular formula is C13H14IN3O. The van der Waals surface area contributed by atoms with E-state index in [1.807, 2.05) is 45.2 Å². The van der Waals surface area contributed by atoms with Gasteiger partial charge in [0, 0.05) is 22.0 Å². The van der Waals surface area contributed by atoms with Crippen LogP contribution in [0.25, 0.3) is 0 Å². The van der Waals surface area contributed by atoms with Gasteiger partial charge in [0.1, 0.15) is 0 Å². The summed E-state index contributed by atoms with van der Waals surface area (Å²) in [7, 11) is 1.84. The van der Waals surface area contributed by atoms with Gasteiger partial charge in [-0.2, -0.15) is 5.10 Å². The van der Waals surface area contributed by atoms with E-state index in [-0.39, 0.29) is 5.91 Å². The van der Waals surface area contributed by atoms with Crippen LogP contribution >= 0.6 is 22.6 Å². The molecule has 1 N–H and O–H groups in total. The van der Waals surface area contributed by atoms with Gasteiger partial charge >= 0.3 is 0 Å². The highest BCUT2D eigenvalue weighted by molar-refractivity contribution is 14.1. The number of anilines is 1. The van der Waals surface area contributed by atoms with Crippen molar-refractivity contribution in [1.82, 2.24) is 9.78 Å². The molecule has 4 nitrogen and oxygen atoms in total. The SMILES string of the molecule is Cc1nn(C)c(C)c1C(=O)Nc1ccc(I)cc1. The molecule has 0 aliphatic heterocycles. The highest BCUT2D eigenvalue weighted by Gasteiger charge is 2.17. The topological polar surface area (TPSA) is 46.9 Å². The molecule has 0 saturated heterocycles. The van der Waals surface area contributed by atoms with Gasteiger partial charge in [-0.15, -0.1) is 0 Å². The number of amides is 1. The first kappa shape index (κ1) is 13.1. The number of carbonyl (C=O) groups excluding carboxylic acids is 1. The molecule has 1 aromatic heterocycles. The Morgan fingerprint density at radius 2 is 1.89 bits per heavy atom. The fourth-order valence-electron chi connectivity index (χ4n) is 1.83. The molecule has 5 heteroatoms. The molecule has 0 aliphatic carbocycles. The second-order valence-corrected chi connectivity index (χ2v) is 5.38. The summed E-state index contributed by atoms with van der Waals surface area (Å²) < 4.78 is 2.86. The zero-order valence-corrected chi connectivity index (χ0v) is 12.6. The van der Waals surface area contributed by atoms with Crippen LogP contribution in [0.1, 0.15) is 21.7 Å². The highest BCUT2D eigenvalue weighted by atomic mass is 127. The van der Waals surface area contributed by atoms with Crippen molar-refractivity contribution in [2.45, 2.75) is 13.8 Å². The Bertz CT molecular complexity index is 587. The van der Waals surface area contributed by atoms with Crippen LogP contribution in [0.5, 0.6) is 0 Å². The largest absolute Gasteiger partial charge is 0.322 e. The summed E-state index contributed by atoms with van der Waals surface area (Å²) in [5.41, 5.74) is 3.06. The van der Waals surface area contributed by atoms with Gasteiger partial charge < -0.3 is 5.32 Å². The fourth-order valence-corrected chi connectivity index (χ4v) is 2.19. The molecule has 94 valence electrons. The van der Waals surface area contributed by atoms with Gasteiger partial charge in [-0.3, -0.25) is 9.48 Å². The third kappa shape index (κ3) is 2.55. The maximum Gasteiger partial charge on any atom is 0.259 e. The van der Waals surface area contributed by atoms with Crippen LogP contribution in [-0.4, -0.2) is 15.7 Å². The third-order valence-electron chi connectivity index (χ3n) is 2.84. The summed E-state index contributed by atoms with van der Waals surface area (Å²) in [6, 6.07) is 7.69. The highest BCUT2D eigenvalue weighted by Crippen LogP contribution is 2.16. The molecule has 0 fully saturated rings. The normalized spacial score (nSPS) is 10.4. The predicted octanol–water partition coefficient (Wildman–Crippen LogP) is 2.89. The van der Waals surface area contributed by atoms with Crippen LogP contribution in [0.2, 0.25) is 0 Å². The van der Waals surface area contributed by atoms with Crippen LogP contribution in [0.3, 0.4) is 0 Å². The Balaban J connectivity index is 2.24. The van der Waals surface area contributed by atoms with Gasteiger partial charge in [-0.1, -0.05) is 0 Å². The standard InChI is InChI=1S/C13H14IN3O/c1-8-12(9(2)17(3)16-8)13(18)15-11-6-4-10(14)5-7-11/h4-7H,1-3H3,(H,15,18). The molecule has 0 bridgehead atoms. The van der Waals surface area contributed by atoms with E-state index in [1.165, 1.54) is 0 Å². The van der Waals surface area contributed by atoms with Crippen molar-refractivity contribution in [2.75, 3.05) is 5.32 Å². The van der Waals surface area contributed by atoms with Crippen molar-refractivity contribution in [2.24, 2.45) is 7.05 Å². The minimum absolute atomic E-state index is 0.112. The number of nitrogens with zero attached hydrogens (tertiary/aromatic N) is 2. The van der Waals surface area contributed by atoms with E-state index in [9.17, 15) is 4.79 Å². The maximum atomic E-state index is 12.2. The van der Waals surface area contributed by atoms with E-state index < -0.39 is 0 Å². The van der Waals surface area contributed by atoms with E-state index in [2.05, 4.69) is 33.0 Å². The molecule has 1 aromatic carbocycles. The Morgan fingerprint density at radius 3 is 2.39 bits per heavy atom. The molecule has 18 heavy (non-hydrogen) atoms. The third-order valence-corrected chi connectivity index (χ3v) is 3.56. The molecule has 0 radical (unpaired) electrons. The van der Waals surface area contributed by atoms with Crippen LogP contribution in [0, 0.1) is 17.4 Å². The Kier molecular flexibility index (Phi) is 3.70. The molecule has 1 amide bonds. The van der Waals surface area contributed by atoms with Crippen LogP contribution in [0.4, 0.5) is 5.69 Å². The summed E-state index contributed by atoms with van der Waals surface area (Å²) in [5, 5.41) is 7.13. The van der Waals surface area contributed by atoms with Crippen molar-refractivity contribution in [1.29, 1.82) is 0 Å². The van der Waals surface area contributed by atoms with Gasteiger partial charge in [0.25, 0.3) is 5.91 Å². The first-order valence-corrected chi connectivity index (χ1v) is 6.64. The van der Waals surface area contributed by atoms with Crippen molar-refractivity contribution in [3.05, 3.63) is 44.8 Å². The molecule has 1 heterocycles. The minimum Gasteiger partial charge on any atom is -0.322 e. The molecule has 0 saturated carbocycles. The number of carbonyl (C=O) groups is 1. The number of hydrogen-bond donors (Lipinski definition) is 1. The molecule has 0 spiro atoms. The molecule has 2 aromatic rings. The second-order valence-electron chi connectivity index (χ2n) is 4.13. The van der Waals surface area contributed by atoms with E-state index in [0.717, 1.165) is 20.6 Å². The summed E-state index contributed by atoms with van der Waals surface area (Å²) in [6.45, 7) is 3.73. The van der Waals surface area contributed by atoms with Crippen molar-refractivity contribution >= 4 is 34.2 Å². The van der Waals surface area contributed by atoms with E-state index in [1.54, 1.807) is 4.68 Å². The second kappa shape index (κ2) is 5.09. The van der Waals surface area contributed by atoms with Crippen LogP contribution < -0.4 is 5.32 Å². The average molecular weight is 355 g/mol. The van der Waals surface area contributed by atoms with Gasteiger partial charge in [0.2, 0.25) is 0 Å². The summed E-state index contributed by atoms with van der Waals surface area (Å²) in [6.07, 6.45) is 0. The molecule has 0 atom stereocenters. The van der Waals surface area contributed by atoms with Crippen LogP contribution in [-0.2, 0) is 7.05 Å². The lowest BCUT2D eigenvalue weighted by molar-refractivity contribution is 0.102. The fraction of sp³-hybridized carbons (Fsp3) is 0.231.